The summed E-state index contributed by atoms with van der Waals surface area (Å²) in [5, 5.41) is 2.56. The minimum atomic E-state index is -0.197. The van der Waals surface area contributed by atoms with Crippen molar-refractivity contribution in [2.45, 2.75) is 33.2 Å². The first-order valence-electron chi connectivity index (χ1n) is 3.00. The standard InChI is InChI=1S/C6H9NO2.CH4/c1-4(8)5-2-3-6(9)7-5;/h5H,2-3H2,1H3,(H,7,9);1H4. The number of amides is 1. The summed E-state index contributed by atoms with van der Waals surface area (Å²) >= 11 is 0. The number of hydrogen-bond acceptors (Lipinski definition) is 2. The van der Waals surface area contributed by atoms with Crippen LogP contribution in [0.3, 0.4) is 0 Å². The van der Waals surface area contributed by atoms with E-state index in [0.29, 0.717) is 12.8 Å². The molecule has 58 valence electrons. The van der Waals surface area contributed by atoms with Crippen molar-refractivity contribution in [1.82, 2.24) is 5.32 Å². The van der Waals surface area contributed by atoms with Crippen molar-refractivity contribution in [3.8, 4) is 0 Å². The third-order valence-electron chi connectivity index (χ3n) is 1.49. The smallest absolute Gasteiger partial charge is 0.220 e. The minimum Gasteiger partial charge on any atom is -0.346 e. The van der Waals surface area contributed by atoms with Crippen LogP contribution in [0.5, 0.6) is 0 Å². The van der Waals surface area contributed by atoms with Gasteiger partial charge in [-0.25, -0.2) is 0 Å². The number of ketones is 1. The van der Waals surface area contributed by atoms with E-state index in [-0.39, 0.29) is 25.2 Å². The molecule has 0 bridgehead atoms. The van der Waals surface area contributed by atoms with Gasteiger partial charge in [0.1, 0.15) is 0 Å². The quantitative estimate of drug-likeness (QED) is 0.580. The van der Waals surface area contributed by atoms with E-state index in [1.54, 1.807) is 0 Å². The highest BCUT2D eigenvalue weighted by molar-refractivity contribution is 5.90. The Bertz CT molecular complexity index is 154. The Morgan fingerprint density at radius 2 is 2.30 bits per heavy atom. The molecule has 1 atom stereocenters. The van der Waals surface area contributed by atoms with E-state index in [2.05, 4.69) is 5.32 Å². The maximum atomic E-state index is 10.6. The van der Waals surface area contributed by atoms with E-state index in [1.165, 1.54) is 6.92 Å². The second kappa shape index (κ2) is 3.34. The molecule has 1 N–H and O–H groups in total. The molecule has 1 unspecified atom stereocenters. The summed E-state index contributed by atoms with van der Waals surface area (Å²) in [4.78, 5) is 21.1. The van der Waals surface area contributed by atoms with E-state index >= 15 is 0 Å². The van der Waals surface area contributed by atoms with Crippen LogP contribution in [0.25, 0.3) is 0 Å². The molecule has 1 amide bonds. The molecule has 0 spiro atoms. The highest BCUT2D eigenvalue weighted by Gasteiger charge is 2.23. The Morgan fingerprint density at radius 3 is 2.50 bits per heavy atom. The summed E-state index contributed by atoms with van der Waals surface area (Å²) in [7, 11) is 0. The fraction of sp³-hybridized carbons (Fsp3) is 0.714. The van der Waals surface area contributed by atoms with Crippen LogP contribution in [0.15, 0.2) is 0 Å². The van der Waals surface area contributed by atoms with Gasteiger partial charge >= 0.3 is 0 Å². The lowest BCUT2D eigenvalue weighted by Gasteiger charge is -2.01. The number of Topliss-reactive ketones (excluding diaryl/α,β-unsaturated/α-hetero) is 1. The van der Waals surface area contributed by atoms with Crippen LogP contribution >= 0.6 is 0 Å². The van der Waals surface area contributed by atoms with Crippen molar-refractivity contribution < 1.29 is 9.59 Å². The van der Waals surface area contributed by atoms with E-state index in [0.717, 1.165) is 0 Å². The van der Waals surface area contributed by atoms with Crippen molar-refractivity contribution in [3.05, 3.63) is 0 Å². The van der Waals surface area contributed by atoms with E-state index in [4.69, 9.17) is 0 Å². The molecule has 0 saturated carbocycles. The van der Waals surface area contributed by atoms with E-state index < -0.39 is 0 Å². The summed E-state index contributed by atoms with van der Waals surface area (Å²) in [5.41, 5.74) is 0. The summed E-state index contributed by atoms with van der Waals surface area (Å²) in [5.74, 6) is 0.0519. The lowest BCUT2D eigenvalue weighted by molar-refractivity contribution is -0.123. The van der Waals surface area contributed by atoms with Gasteiger partial charge in [0.15, 0.2) is 5.78 Å². The van der Waals surface area contributed by atoms with Crippen LogP contribution in [-0.4, -0.2) is 17.7 Å². The summed E-state index contributed by atoms with van der Waals surface area (Å²) in [6.07, 6.45) is 1.18. The Kier molecular flexibility index (Phi) is 3.06. The summed E-state index contributed by atoms with van der Waals surface area (Å²) in [6, 6.07) is -0.197. The van der Waals surface area contributed by atoms with Gasteiger partial charge in [-0.2, -0.15) is 0 Å². The first-order chi connectivity index (χ1) is 4.20. The van der Waals surface area contributed by atoms with Crippen molar-refractivity contribution >= 4 is 11.7 Å². The highest BCUT2D eigenvalue weighted by atomic mass is 16.2. The Balaban J connectivity index is 0.000000810. The average Bonchev–Trinajstić information content (AvgIpc) is 2.14. The molecule has 1 heterocycles. The van der Waals surface area contributed by atoms with Gasteiger partial charge in [-0.1, -0.05) is 7.43 Å². The highest BCUT2D eigenvalue weighted by Crippen LogP contribution is 2.06. The Hall–Kier alpha value is -0.860. The van der Waals surface area contributed by atoms with Gasteiger partial charge in [-0.3, -0.25) is 9.59 Å². The van der Waals surface area contributed by atoms with E-state index in [9.17, 15) is 9.59 Å². The zero-order valence-corrected chi connectivity index (χ0v) is 5.31. The Morgan fingerprint density at radius 1 is 1.70 bits per heavy atom. The molecule has 0 radical (unpaired) electrons. The maximum Gasteiger partial charge on any atom is 0.220 e. The molecule has 1 rings (SSSR count). The normalized spacial score (nSPS) is 23.3. The molecule has 0 aromatic heterocycles. The van der Waals surface area contributed by atoms with Crippen LogP contribution in [0.1, 0.15) is 27.2 Å². The molecule has 3 nitrogen and oxygen atoms in total. The van der Waals surface area contributed by atoms with Gasteiger partial charge in [-0.05, 0) is 13.3 Å². The summed E-state index contributed by atoms with van der Waals surface area (Å²) in [6.45, 7) is 1.50. The number of nitrogens with one attached hydrogen (secondary N) is 1. The first kappa shape index (κ1) is 9.14. The van der Waals surface area contributed by atoms with Crippen LogP contribution in [0.4, 0.5) is 0 Å². The molecule has 0 aromatic carbocycles. The third-order valence-corrected chi connectivity index (χ3v) is 1.49. The van der Waals surface area contributed by atoms with Crippen LogP contribution < -0.4 is 5.32 Å². The molecule has 1 aliphatic rings. The molecule has 10 heavy (non-hydrogen) atoms. The SMILES string of the molecule is C.CC(=O)C1CCC(=O)N1. The van der Waals surface area contributed by atoms with Gasteiger partial charge < -0.3 is 5.32 Å². The molecule has 3 heteroatoms. The molecule has 1 aliphatic heterocycles. The third kappa shape index (κ3) is 1.83. The fourth-order valence-electron chi connectivity index (χ4n) is 0.919. The van der Waals surface area contributed by atoms with Crippen LogP contribution in [0, 0.1) is 0 Å². The van der Waals surface area contributed by atoms with Gasteiger partial charge in [-0.15, -0.1) is 0 Å². The molecular formula is C7H13NO2. The lowest BCUT2D eigenvalue weighted by Crippen LogP contribution is -2.31. The monoisotopic (exact) mass is 143 g/mol. The molecular weight excluding hydrogens is 130 g/mol. The van der Waals surface area contributed by atoms with Crippen molar-refractivity contribution in [2.24, 2.45) is 0 Å². The lowest BCUT2D eigenvalue weighted by atomic mass is 10.2. The molecule has 1 saturated heterocycles. The number of hydrogen-bond donors (Lipinski definition) is 1. The van der Waals surface area contributed by atoms with Crippen LogP contribution in [0.2, 0.25) is 0 Å². The van der Waals surface area contributed by atoms with E-state index in [1.807, 2.05) is 0 Å². The van der Waals surface area contributed by atoms with Crippen molar-refractivity contribution in [3.63, 3.8) is 0 Å². The minimum absolute atomic E-state index is 0. The largest absolute Gasteiger partial charge is 0.346 e. The number of carbonyl (C=O) groups is 2. The first-order valence-corrected chi connectivity index (χ1v) is 3.00. The predicted molar refractivity (Wildman–Crippen MR) is 38.6 cm³/mol. The number of rotatable bonds is 1. The number of carbonyl (C=O) groups excluding carboxylic acids is 2. The zero-order chi connectivity index (χ0) is 6.85. The average molecular weight is 143 g/mol. The zero-order valence-electron chi connectivity index (χ0n) is 5.31. The molecule has 0 aromatic rings. The second-order valence-corrected chi connectivity index (χ2v) is 2.27. The Labute approximate surface area is 60.8 Å². The van der Waals surface area contributed by atoms with Gasteiger partial charge in [0.2, 0.25) is 5.91 Å². The molecule has 1 fully saturated rings. The molecule has 0 aliphatic carbocycles. The van der Waals surface area contributed by atoms with Gasteiger partial charge in [0.25, 0.3) is 0 Å². The fourth-order valence-corrected chi connectivity index (χ4v) is 0.919. The van der Waals surface area contributed by atoms with Crippen molar-refractivity contribution in [1.29, 1.82) is 0 Å². The second-order valence-electron chi connectivity index (χ2n) is 2.27. The predicted octanol–water partition coefficient (Wildman–Crippen LogP) is 0.490. The summed E-state index contributed by atoms with van der Waals surface area (Å²) < 4.78 is 0. The van der Waals surface area contributed by atoms with Crippen molar-refractivity contribution in [2.75, 3.05) is 0 Å². The van der Waals surface area contributed by atoms with Gasteiger partial charge in [0, 0.05) is 6.42 Å². The van der Waals surface area contributed by atoms with Crippen LogP contribution in [-0.2, 0) is 9.59 Å². The topological polar surface area (TPSA) is 46.2 Å². The maximum absolute atomic E-state index is 10.6. The van der Waals surface area contributed by atoms with Gasteiger partial charge in [0.05, 0.1) is 6.04 Å².